The Balaban J connectivity index is 1.10. The zero-order valence-corrected chi connectivity index (χ0v) is 29.5. The summed E-state index contributed by atoms with van der Waals surface area (Å²) in [6, 6.07) is 19.3. The molecule has 2 amide bonds. The van der Waals surface area contributed by atoms with Crippen LogP contribution in [0.2, 0.25) is 10.0 Å². The van der Waals surface area contributed by atoms with Crippen LogP contribution in [0, 0.1) is 0 Å². The maximum Gasteiger partial charge on any atom is 0.259 e. The van der Waals surface area contributed by atoms with Crippen molar-refractivity contribution in [1.29, 1.82) is 0 Å². The van der Waals surface area contributed by atoms with E-state index in [9.17, 15) is 14.4 Å². The van der Waals surface area contributed by atoms with Gasteiger partial charge in [-0.25, -0.2) is 4.98 Å². The van der Waals surface area contributed by atoms with Crippen LogP contribution in [0.5, 0.6) is 5.88 Å². The van der Waals surface area contributed by atoms with Crippen molar-refractivity contribution >= 4 is 40.5 Å². The normalized spacial score (nSPS) is 17.2. The van der Waals surface area contributed by atoms with E-state index in [2.05, 4.69) is 26.3 Å². The van der Waals surface area contributed by atoms with Gasteiger partial charge in [0.05, 0.1) is 29.0 Å². The van der Waals surface area contributed by atoms with Crippen LogP contribution in [-0.4, -0.2) is 58.5 Å². The van der Waals surface area contributed by atoms with Crippen molar-refractivity contribution in [2.45, 2.75) is 50.9 Å². The highest BCUT2D eigenvalue weighted by Gasteiger charge is 2.22. The number of nitrogens with one attached hydrogen (secondary N) is 4. The molecule has 2 aliphatic rings. The molecule has 2 atom stereocenters. The van der Waals surface area contributed by atoms with Crippen molar-refractivity contribution in [1.82, 2.24) is 35.6 Å². The van der Waals surface area contributed by atoms with Gasteiger partial charge in [-0.3, -0.25) is 23.8 Å². The van der Waals surface area contributed by atoms with Crippen LogP contribution in [0.1, 0.15) is 36.9 Å². The Morgan fingerprint density at radius 3 is 2.10 bits per heavy atom. The number of fused-ring (bicyclic) bond motifs is 1. The molecule has 5 aromatic rings. The van der Waals surface area contributed by atoms with Gasteiger partial charge in [-0.15, -0.1) is 0 Å². The Bertz CT molecular complexity index is 2190. The van der Waals surface area contributed by atoms with Crippen LogP contribution in [0.4, 0.5) is 0 Å². The molecular formula is C38H37Cl2N7O4. The van der Waals surface area contributed by atoms with E-state index in [1.54, 1.807) is 23.9 Å². The lowest BCUT2D eigenvalue weighted by atomic mass is 9.97. The van der Waals surface area contributed by atoms with Gasteiger partial charge in [-0.1, -0.05) is 65.7 Å². The molecule has 0 bridgehead atoms. The summed E-state index contributed by atoms with van der Waals surface area (Å²) >= 11 is 14.2. The SMILES string of the molecule is COc1nc(-c2cccc(-c3cccc(-c4ccn5c(=O)c(CNC[C@H]6CCC(=O)N6)ccc5c4)c3Cl)c2Cl)cnc1CNC[C@@H]1CCC(=O)N1. The summed E-state index contributed by atoms with van der Waals surface area (Å²) in [4.78, 5) is 45.6. The molecule has 13 heteroatoms. The number of hydrogen-bond donors (Lipinski definition) is 4. The molecule has 2 fully saturated rings. The maximum absolute atomic E-state index is 13.3. The van der Waals surface area contributed by atoms with Gasteiger partial charge in [-0.2, -0.15) is 0 Å². The first-order valence-corrected chi connectivity index (χ1v) is 17.7. The van der Waals surface area contributed by atoms with Crippen LogP contribution < -0.4 is 31.6 Å². The zero-order chi connectivity index (χ0) is 35.5. The second kappa shape index (κ2) is 15.2. The van der Waals surface area contributed by atoms with Gasteiger partial charge in [-0.05, 0) is 36.6 Å². The Morgan fingerprint density at radius 1 is 0.824 bits per heavy atom. The first-order chi connectivity index (χ1) is 24.8. The van der Waals surface area contributed by atoms with Crippen molar-refractivity contribution in [2.75, 3.05) is 20.2 Å². The summed E-state index contributed by atoms with van der Waals surface area (Å²) in [6.07, 6.45) is 6.15. The Hall–Kier alpha value is -4.81. The molecule has 0 radical (unpaired) electrons. The number of benzene rings is 2. The summed E-state index contributed by atoms with van der Waals surface area (Å²) < 4.78 is 7.21. The standard InChI is InChI=1S/C38H37Cl2N7O4/c1-51-37-32(20-42-19-25-10-13-34(49)45-25)43-21-31(46-37)30-7-3-6-29(36(30)40)28-5-2-4-27(35(28)39)22-14-15-47-26(16-22)11-8-23(38(47)50)17-41-18-24-9-12-33(48)44-24/h2-8,11,14-16,21,24-25,41-42H,9-10,12-13,17-20H2,1H3,(H,44,48)(H,45,49)/t24-,25+/m1/s1. The highest BCUT2D eigenvalue weighted by molar-refractivity contribution is 6.39. The minimum absolute atomic E-state index is 0.0708. The Labute approximate surface area is 304 Å². The van der Waals surface area contributed by atoms with Gasteiger partial charge in [0.1, 0.15) is 5.69 Å². The first kappa shape index (κ1) is 34.6. The smallest absolute Gasteiger partial charge is 0.259 e. The van der Waals surface area contributed by atoms with Crippen LogP contribution in [0.15, 0.2) is 77.9 Å². The molecule has 2 aliphatic heterocycles. The van der Waals surface area contributed by atoms with Crippen molar-refractivity contribution in [3.63, 3.8) is 0 Å². The fraction of sp³-hybridized carbons (Fsp3) is 0.289. The Morgan fingerprint density at radius 2 is 1.45 bits per heavy atom. The van der Waals surface area contributed by atoms with Gasteiger partial charge >= 0.3 is 0 Å². The van der Waals surface area contributed by atoms with E-state index in [-0.39, 0.29) is 29.5 Å². The molecule has 0 unspecified atom stereocenters. The largest absolute Gasteiger partial charge is 0.480 e. The third-order valence-corrected chi connectivity index (χ3v) is 10.2. The molecule has 2 saturated heterocycles. The molecule has 262 valence electrons. The van der Waals surface area contributed by atoms with Gasteiger partial charge < -0.3 is 26.0 Å². The highest BCUT2D eigenvalue weighted by Crippen LogP contribution is 2.42. The van der Waals surface area contributed by atoms with E-state index < -0.39 is 0 Å². The molecule has 0 spiro atoms. The monoisotopic (exact) mass is 725 g/mol. The van der Waals surface area contributed by atoms with Gasteiger partial charge in [0, 0.05) is 90.6 Å². The van der Waals surface area contributed by atoms with Gasteiger partial charge in [0.2, 0.25) is 17.7 Å². The molecule has 3 aromatic heterocycles. The summed E-state index contributed by atoms with van der Waals surface area (Å²) in [6.45, 7) is 2.09. The average Bonchev–Trinajstić information content (AvgIpc) is 3.76. The number of nitrogens with zero attached hydrogens (tertiary/aromatic N) is 3. The van der Waals surface area contributed by atoms with Crippen molar-refractivity contribution in [2.24, 2.45) is 0 Å². The lowest BCUT2D eigenvalue weighted by molar-refractivity contribution is -0.120. The molecule has 7 rings (SSSR count). The molecule has 11 nitrogen and oxygen atoms in total. The number of pyridine rings is 2. The molecule has 5 heterocycles. The fourth-order valence-corrected chi connectivity index (χ4v) is 7.33. The summed E-state index contributed by atoms with van der Waals surface area (Å²) in [7, 11) is 1.55. The van der Waals surface area contributed by atoms with E-state index in [1.807, 2.05) is 60.7 Å². The average molecular weight is 727 g/mol. The molecule has 51 heavy (non-hydrogen) atoms. The number of ether oxygens (including phenoxy) is 1. The third-order valence-electron chi connectivity index (χ3n) is 9.37. The van der Waals surface area contributed by atoms with Crippen molar-refractivity contribution < 1.29 is 14.3 Å². The van der Waals surface area contributed by atoms with E-state index in [0.717, 1.165) is 40.6 Å². The first-order valence-electron chi connectivity index (χ1n) is 16.9. The second-order valence-electron chi connectivity index (χ2n) is 12.8. The number of carbonyl (C=O) groups excluding carboxylic acids is 2. The van der Waals surface area contributed by atoms with Crippen LogP contribution >= 0.6 is 23.2 Å². The zero-order valence-electron chi connectivity index (χ0n) is 28.0. The minimum atomic E-state index is -0.103. The van der Waals surface area contributed by atoms with Crippen molar-refractivity contribution in [3.8, 4) is 39.4 Å². The predicted molar refractivity (Wildman–Crippen MR) is 198 cm³/mol. The molecule has 0 saturated carbocycles. The number of methoxy groups -OCH3 is 1. The van der Waals surface area contributed by atoms with Crippen LogP contribution in [-0.2, 0) is 22.7 Å². The summed E-state index contributed by atoms with van der Waals surface area (Å²) in [5, 5.41) is 13.5. The number of carbonyl (C=O) groups is 2. The fourth-order valence-electron chi connectivity index (χ4n) is 6.66. The Kier molecular flexibility index (Phi) is 10.3. The summed E-state index contributed by atoms with van der Waals surface area (Å²) in [5.74, 6) is 0.534. The van der Waals surface area contributed by atoms with E-state index in [4.69, 9.17) is 32.9 Å². The number of amides is 2. The second-order valence-corrected chi connectivity index (χ2v) is 13.5. The third kappa shape index (κ3) is 7.48. The lowest BCUT2D eigenvalue weighted by Gasteiger charge is -2.15. The maximum atomic E-state index is 13.3. The van der Waals surface area contributed by atoms with Gasteiger partial charge in [0.15, 0.2) is 0 Å². The van der Waals surface area contributed by atoms with E-state index >= 15 is 0 Å². The predicted octanol–water partition coefficient (Wildman–Crippen LogP) is 5.14. The van der Waals surface area contributed by atoms with E-state index in [1.165, 1.54) is 0 Å². The van der Waals surface area contributed by atoms with E-state index in [0.29, 0.717) is 77.5 Å². The van der Waals surface area contributed by atoms with Crippen LogP contribution in [0.25, 0.3) is 39.0 Å². The minimum Gasteiger partial charge on any atom is -0.480 e. The topological polar surface area (TPSA) is 139 Å². The quantitative estimate of drug-likeness (QED) is 0.139. The molecule has 4 N–H and O–H groups in total. The van der Waals surface area contributed by atoms with Gasteiger partial charge in [0.25, 0.3) is 5.56 Å². The molecule has 0 aliphatic carbocycles. The van der Waals surface area contributed by atoms with Crippen LogP contribution in [0.3, 0.4) is 0 Å². The number of aromatic nitrogens is 3. The van der Waals surface area contributed by atoms with Crippen molar-refractivity contribution in [3.05, 3.63) is 105 Å². The number of rotatable bonds is 12. The number of hydrogen-bond acceptors (Lipinski definition) is 8. The lowest BCUT2D eigenvalue weighted by Crippen LogP contribution is -2.36. The highest BCUT2D eigenvalue weighted by atomic mass is 35.5. The molecular weight excluding hydrogens is 689 g/mol. The molecule has 2 aromatic carbocycles. The summed E-state index contributed by atoms with van der Waals surface area (Å²) in [5.41, 5.74) is 6.29. The number of halogens is 2.